The van der Waals surface area contributed by atoms with E-state index in [-0.39, 0.29) is 83.9 Å². The van der Waals surface area contributed by atoms with Crippen LogP contribution >= 0.6 is 0 Å². The molecule has 1 spiro atoms. The van der Waals surface area contributed by atoms with Gasteiger partial charge in [0.05, 0.1) is 13.2 Å². The summed E-state index contributed by atoms with van der Waals surface area (Å²) in [5.41, 5.74) is 0. The van der Waals surface area contributed by atoms with Crippen LogP contribution in [0.1, 0.15) is 27.1 Å². The summed E-state index contributed by atoms with van der Waals surface area (Å²) in [6.45, 7) is -5.19. The zero-order valence-corrected chi connectivity index (χ0v) is 17.5. The summed E-state index contributed by atoms with van der Waals surface area (Å²) in [5.74, 6) is -8.59. The average Bonchev–Trinajstić information content (AvgIpc) is 2.94. The van der Waals surface area contributed by atoms with Crippen LogP contribution in [0, 0.1) is 0 Å². The van der Waals surface area contributed by atoms with Gasteiger partial charge in [-0.25, -0.2) is 0 Å². The van der Waals surface area contributed by atoms with Gasteiger partial charge in [0, 0.05) is 27.9 Å². The number of alkyl halides is 4. The zero-order valence-electron chi connectivity index (χ0n) is 17.5. The predicted octanol–water partition coefficient (Wildman–Crippen LogP) is -5.99. The number of aliphatic hydroxyl groups is 2. The second-order valence-electron chi connectivity index (χ2n) is 5.41. The molecule has 31 heavy (non-hydrogen) atoms. The van der Waals surface area contributed by atoms with Gasteiger partial charge in [0.1, 0.15) is 0 Å². The molecule has 0 amide bonds. The fraction of sp³-hybridized carbons (Fsp3) is 1.00. The minimum absolute atomic E-state index is 0. The Morgan fingerprint density at radius 3 is 1.48 bits per heavy atom. The van der Waals surface area contributed by atoms with Gasteiger partial charge in [-0.2, -0.15) is 17.6 Å². The van der Waals surface area contributed by atoms with Crippen LogP contribution in [0.25, 0.3) is 0 Å². The van der Waals surface area contributed by atoms with E-state index in [0.717, 1.165) is 12.8 Å². The molecule has 11 nitrogen and oxygen atoms in total. The average molecular weight is 460 g/mol. The fourth-order valence-corrected chi connectivity index (χ4v) is 1.80. The quantitative estimate of drug-likeness (QED) is 0.120. The van der Waals surface area contributed by atoms with Crippen molar-refractivity contribution in [2.45, 2.75) is 37.5 Å². The maximum atomic E-state index is 13.0. The molecule has 6 N–H and O–H groups in total. The van der Waals surface area contributed by atoms with Crippen LogP contribution in [0.2, 0.25) is 0 Å². The number of hydrogen-bond donors (Lipinski definition) is 3. The van der Waals surface area contributed by atoms with Crippen molar-refractivity contribution in [2.75, 3.05) is 39.6 Å². The van der Waals surface area contributed by atoms with Gasteiger partial charge >= 0.3 is 78.6 Å². The molecule has 2 aliphatic rings. The summed E-state index contributed by atoms with van der Waals surface area (Å²) in [6.07, 6.45) is 2.69. The molecule has 0 aliphatic carbocycles. The third kappa shape index (κ3) is 16.5. The van der Waals surface area contributed by atoms with E-state index in [1.165, 1.54) is 0 Å². The van der Waals surface area contributed by atoms with E-state index in [2.05, 4.69) is 14.1 Å². The van der Waals surface area contributed by atoms with Crippen molar-refractivity contribution in [3.05, 3.63) is 0 Å². The van der Waals surface area contributed by atoms with Crippen LogP contribution in [0.3, 0.4) is 0 Å². The first-order valence-electron chi connectivity index (χ1n) is 8.10. The zero-order chi connectivity index (χ0) is 20.8. The minimum atomic E-state index is -4.29. The van der Waals surface area contributed by atoms with Crippen LogP contribution in [0.4, 0.5) is 17.6 Å². The monoisotopic (exact) mass is 460 g/mol. The molecule has 0 aromatic rings. The van der Waals surface area contributed by atoms with Gasteiger partial charge < -0.3 is 39.8 Å². The van der Waals surface area contributed by atoms with E-state index < -0.39 is 32.0 Å². The van der Waals surface area contributed by atoms with Crippen molar-refractivity contribution in [3.63, 3.8) is 0 Å². The summed E-state index contributed by atoms with van der Waals surface area (Å²) in [4.78, 5) is 2.86. The van der Waals surface area contributed by atoms with Crippen molar-refractivity contribution in [2.24, 2.45) is 0 Å². The van der Waals surface area contributed by atoms with Crippen molar-refractivity contribution in [3.8, 4) is 0 Å². The Balaban J connectivity index is -0.0000000975. The Bertz CT molecular complexity index is 395. The second-order valence-corrected chi connectivity index (χ2v) is 5.41. The number of rotatable bonds is 4. The van der Waals surface area contributed by atoms with Gasteiger partial charge in [0.2, 0.25) is 0 Å². The maximum Gasteiger partial charge on any atom is 1.00 e. The Labute approximate surface area is 202 Å². The molecule has 0 saturated carbocycles. The summed E-state index contributed by atoms with van der Waals surface area (Å²) in [6, 6.07) is 0. The summed E-state index contributed by atoms with van der Waals surface area (Å²) in [7, 11) is -0.0694. The first-order chi connectivity index (χ1) is 12.7. The van der Waals surface area contributed by atoms with Gasteiger partial charge in [-0.15, -0.1) is 0 Å². The first kappa shape index (κ1) is 41.5. The van der Waals surface area contributed by atoms with E-state index in [1.54, 1.807) is 0 Å². The molecule has 0 aromatic carbocycles. The van der Waals surface area contributed by atoms with Gasteiger partial charge in [-0.1, -0.05) is 0 Å². The van der Waals surface area contributed by atoms with Gasteiger partial charge in [0.25, 0.3) is 0 Å². The van der Waals surface area contributed by atoms with Crippen molar-refractivity contribution < 1.29 is 111 Å². The molecule has 2 rings (SSSR count). The Morgan fingerprint density at radius 1 is 0.903 bits per heavy atom. The summed E-state index contributed by atoms with van der Waals surface area (Å²) >= 11 is 0. The second kappa shape index (κ2) is 22.1. The van der Waals surface area contributed by atoms with Crippen molar-refractivity contribution >= 4 is 14.3 Å². The smallest absolute Gasteiger partial charge is 0.870 e. The topological polar surface area (TPSA) is 185 Å². The Kier molecular flexibility index (Phi) is 29.6. The largest absolute Gasteiger partial charge is 1.00 e. The number of aliphatic hydroxyl groups excluding tert-OH is 2. The maximum absolute atomic E-state index is 13.0. The number of unbranched alkanes of at least 4 members (excludes halogenated alkanes) is 1. The Morgan fingerprint density at radius 2 is 1.23 bits per heavy atom. The van der Waals surface area contributed by atoms with Crippen molar-refractivity contribution in [1.29, 1.82) is 0 Å². The van der Waals surface area contributed by atoms with E-state index in [1.807, 2.05) is 0 Å². The van der Waals surface area contributed by atoms with E-state index >= 15 is 0 Å². The van der Waals surface area contributed by atoms with Gasteiger partial charge in [-0.05, 0) is 25.7 Å². The molecule has 0 atom stereocenters. The predicted molar refractivity (Wildman–Crippen MR) is 89.9 cm³/mol. The minimum Gasteiger partial charge on any atom is -0.870 e. The Hall–Kier alpha value is 0.285. The van der Waals surface area contributed by atoms with E-state index in [4.69, 9.17) is 29.5 Å². The molecular weight excluding hydrogens is 432 g/mol. The normalized spacial score (nSPS) is 19.7. The first-order valence-corrected chi connectivity index (χ1v) is 8.10. The van der Waals surface area contributed by atoms with Crippen LogP contribution < -0.4 is 37.7 Å². The van der Waals surface area contributed by atoms with Gasteiger partial charge in [0.15, 0.2) is 0 Å². The summed E-state index contributed by atoms with van der Waals surface area (Å²) in [5, 5.41) is 23.2. The summed E-state index contributed by atoms with van der Waals surface area (Å²) < 4.78 is 80.1. The molecule has 2 fully saturated rings. The van der Waals surface area contributed by atoms with E-state index in [9.17, 15) is 17.6 Å². The standard InChI is InChI=1S/C8H12BF4O4.C4H10O2.BHO3.2Li.2H2O.H2/c10-7(11)5-16-9(17-6-8(7,12)13)14-3-1-2-4-15-9;5-3-1-2-4-6;2-1-4-3;;;;;/h1-6H2;5-6H,1-4H2;3H;;;2*1H2;1H/q-1;;;2*+1;;;/p-1. The van der Waals surface area contributed by atoms with Crippen LogP contribution in [0.15, 0.2) is 0 Å². The molecule has 0 unspecified atom stereocenters. The van der Waals surface area contributed by atoms with Crippen molar-refractivity contribution in [1.82, 2.24) is 0 Å². The van der Waals surface area contributed by atoms with Crippen LogP contribution in [-0.2, 0) is 28.1 Å². The van der Waals surface area contributed by atoms with Crippen LogP contribution in [0.5, 0.6) is 0 Å². The molecule has 0 aromatic heterocycles. The SMILES string of the molecule is FC1(F)CO[B-]2(OCCCCO2)OCC1(F)F.O.O=BOO.OCCCCO.[HH].[Li+].[Li+].[OH-]. The third-order valence-electron chi connectivity index (χ3n) is 3.26. The fourth-order valence-electron chi connectivity index (χ4n) is 1.80. The molecule has 0 radical (unpaired) electrons. The molecule has 2 heterocycles. The van der Waals surface area contributed by atoms with Crippen LogP contribution in [-0.4, -0.2) is 92.2 Å². The molecule has 2 saturated heterocycles. The molecule has 0 bridgehead atoms. The molecular formula is C12H28B2F4Li2O11. The van der Waals surface area contributed by atoms with Gasteiger partial charge in [-0.3, -0.25) is 0 Å². The number of hydrogen-bond acceptors (Lipinski definition) is 10. The van der Waals surface area contributed by atoms with E-state index in [0.29, 0.717) is 12.8 Å². The third-order valence-corrected chi connectivity index (χ3v) is 3.26. The number of halogens is 4. The molecule has 178 valence electrons. The molecule has 2 aliphatic heterocycles. The molecule has 19 heteroatoms.